The number of hydrogen-bond acceptors (Lipinski definition) is 4. The van der Waals surface area contributed by atoms with Gasteiger partial charge in [0, 0.05) is 12.6 Å². The molecule has 0 saturated carbocycles. The minimum Gasteiger partial charge on any atom is -0.480 e. The molecule has 2 saturated heterocycles. The number of nitrogens with two attached hydrogens (primary N) is 1. The van der Waals surface area contributed by atoms with E-state index in [0.29, 0.717) is 6.42 Å². The molecule has 0 spiro atoms. The molecule has 0 aromatic carbocycles. The number of nitrogens with zero attached hydrogens (tertiary/aromatic N) is 2. The molecule has 0 radical (unpaired) electrons. The number of hydrogen-bond donors (Lipinski definition) is 2. The first-order valence-electron chi connectivity index (χ1n) is 6.15. The van der Waals surface area contributed by atoms with Crippen molar-refractivity contribution >= 4 is 11.9 Å². The predicted octanol–water partition coefficient (Wildman–Crippen LogP) is -0.210. The minimum atomic E-state index is -0.989. The summed E-state index contributed by atoms with van der Waals surface area (Å²) in [5.74, 6) is -1.24. The van der Waals surface area contributed by atoms with Gasteiger partial charge < -0.3 is 10.8 Å². The zero-order valence-electron chi connectivity index (χ0n) is 9.84. The zero-order valence-corrected chi connectivity index (χ0v) is 9.84. The van der Waals surface area contributed by atoms with Gasteiger partial charge in [0.1, 0.15) is 6.54 Å². The number of aliphatic carboxylic acids is 1. The maximum Gasteiger partial charge on any atom is 0.324 e. The maximum absolute atomic E-state index is 12.0. The molecule has 2 fully saturated rings. The normalized spacial score (nSPS) is 30.9. The fraction of sp³-hybridized carbons (Fsp3) is 0.818. The second kappa shape index (κ2) is 5.01. The molecule has 1 unspecified atom stereocenters. The lowest BCUT2D eigenvalue weighted by Gasteiger charge is -2.40. The molecule has 0 bridgehead atoms. The quantitative estimate of drug-likeness (QED) is 0.698. The van der Waals surface area contributed by atoms with Crippen LogP contribution in [0.15, 0.2) is 0 Å². The van der Waals surface area contributed by atoms with Gasteiger partial charge in [-0.25, -0.2) is 5.01 Å². The van der Waals surface area contributed by atoms with Gasteiger partial charge in [0.2, 0.25) is 0 Å². The van der Waals surface area contributed by atoms with E-state index in [1.807, 2.05) is 5.01 Å². The summed E-state index contributed by atoms with van der Waals surface area (Å²) in [6.07, 6.45) is 4.70. The Morgan fingerprint density at radius 3 is 2.82 bits per heavy atom. The second-order valence-corrected chi connectivity index (χ2v) is 4.79. The fourth-order valence-corrected chi connectivity index (χ4v) is 2.71. The summed E-state index contributed by atoms with van der Waals surface area (Å²) in [4.78, 5) is 22.9. The third-order valence-corrected chi connectivity index (χ3v) is 3.57. The highest BCUT2D eigenvalue weighted by Gasteiger charge is 2.37. The molecule has 0 aromatic heterocycles. The van der Waals surface area contributed by atoms with Crippen molar-refractivity contribution in [3.63, 3.8) is 0 Å². The molecule has 2 atom stereocenters. The van der Waals surface area contributed by atoms with Crippen LogP contribution in [0, 0.1) is 0 Å². The van der Waals surface area contributed by atoms with Crippen LogP contribution in [0.5, 0.6) is 0 Å². The molecule has 2 aliphatic rings. The molecule has 3 N–H and O–H groups in total. The highest BCUT2D eigenvalue weighted by atomic mass is 16.4. The number of rotatable bonds is 2. The summed E-state index contributed by atoms with van der Waals surface area (Å²) in [7, 11) is 0. The predicted molar refractivity (Wildman–Crippen MR) is 60.9 cm³/mol. The third kappa shape index (κ3) is 2.58. The van der Waals surface area contributed by atoms with Crippen LogP contribution in [-0.2, 0) is 9.59 Å². The van der Waals surface area contributed by atoms with Gasteiger partial charge in [0.15, 0.2) is 0 Å². The average molecular weight is 241 g/mol. The maximum atomic E-state index is 12.0. The number of piperidine rings is 1. The van der Waals surface area contributed by atoms with Gasteiger partial charge in [-0.3, -0.25) is 14.6 Å². The lowest BCUT2D eigenvalue weighted by atomic mass is 9.99. The van der Waals surface area contributed by atoms with E-state index in [-0.39, 0.29) is 18.5 Å². The second-order valence-electron chi connectivity index (χ2n) is 4.79. The number of carbonyl (C=O) groups excluding carboxylic acids is 1. The number of amides is 1. The van der Waals surface area contributed by atoms with E-state index < -0.39 is 12.0 Å². The summed E-state index contributed by atoms with van der Waals surface area (Å²) in [5, 5.41) is 12.2. The Bertz CT molecular complexity index is 321. The molecular weight excluding hydrogens is 222 g/mol. The molecular formula is C11H19N3O3. The molecule has 2 rings (SSSR count). The SMILES string of the molecule is N[C@H]1CCC2CCCCN2N(CC(=O)O)C1=O. The van der Waals surface area contributed by atoms with E-state index in [2.05, 4.69) is 0 Å². The Morgan fingerprint density at radius 2 is 2.12 bits per heavy atom. The van der Waals surface area contributed by atoms with Crippen molar-refractivity contribution in [2.45, 2.75) is 44.2 Å². The minimum absolute atomic E-state index is 0.253. The Kier molecular flexibility index (Phi) is 3.63. The number of hydrazine groups is 1. The van der Waals surface area contributed by atoms with Crippen LogP contribution < -0.4 is 5.73 Å². The molecule has 2 aliphatic heterocycles. The molecule has 0 aromatic rings. The molecule has 17 heavy (non-hydrogen) atoms. The largest absolute Gasteiger partial charge is 0.480 e. The van der Waals surface area contributed by atoms with Gasteiger partial charge in [0.25, 0.3) is 5.91 Å². The Labute approximate surface area is 100 Å². The van der Waals surface area contributed by atoms with Crippen LogP contribution in [0.3, 0.4) is 0 Å². The molecule has 2 heterocycles. The van der Waals surface area contributed by atoms with E-state index in [1.165, 1.54) is 5.01 Å². The van der Waals surface area contributed by atoms with Crippen LogP contribution in [0.25, 0.3) is 0 Å². The van der Waals surface area contributed by atoms with Gasteiger partial charge in [0.05, 0.1) is 6.04 Å². The van der Waals surface area contributed by atoms with Gasteiger partial charge in [-0.05, 0) is 25.7 Å². The first kappa shape index (κ1) is 12.3. The Balaban J connectivity index is 2.20. The number of fused-ring (bicyclic) bond motifs is 1. The van der Waals surface area contributed by atoms with Crippen molar-refractivity contribution in [1.29, 1.82) is 0 Å². The van der Waals surface area contributed by atoms with Crippen LogP contribution in [0.4, 0.5) is 0 Å². The first-order valence-corrected chi connectivity index (χ1v) is 6.15. The first-order chi connectivity index (χ1) is 8.09. The van der Waals surface area contributed by atoms with Crippen molar-refractivity contribution in [2.24, 2.45) is 5.73 Å². The van der Waals surface area contributed by atoms with E-state index in [1.54, 1.807) is 0 Å². The van der Waals surface area contributed by atoms with Crippen molar-refractivity contribution in [3.05, 3.63) is 0 Å². The van der Waals surface area contributed by atoms with E-state index in [9.17, 15) is 9.59 Å². The Hall–Kier alpha value is -1.14. The van der Waals surface area contributed by atoms with E-state index >= 15 is 0 Å². The summed E-state index contributed by atoms with van der Waals surface area (Å²) in [6.45, 7) is 0.486. The van der Waals surface area contributed by atoms with Crippen molar-refractivity contribution in [2.75, 3.05) is 13.1 Å². The molecule has 96 valence electrons. The molecule has 0 aliphatic carbocycles. The highest BCUT2D eigenvalue weighted by molar-refractivity contribution is 5.85. The zero-order chi connectivity index (χ0) is 12.4. The molecule has 1 amide bonds. The fourth-order valence-electron chi connectivity index (χ4n) is 2.71. The monoisotopic (exact) mass is 241 g/mol. The number of carboxylic acids is 1. The highest BCUT2D eigenvalue weighted by Crippen LogP contribution is 2.26. The average Bonchev–Trinajstić information content (AvgIpc) is 2.42. The van der Waals surface area contributed by atoms with E-state index in [4.69, 9.17) is 10.8 Å². The van der Waals surface area contributed by atoms with E-state index in [0.717, 1.165) is 32.2 Å². The van der Waals surface area contributed by atoms with Gasteiger partial charge in [-0.2, -0.15) is 0 Å². The smallest absolute Gasteiger partial charge is 0.324 e. The summed E-state index contributed by atoms with van der Waals surface area (Å²) >= 11 is 0. The number of carboxylic acid groups (broad SMARTS) is 1. The summed E-state index contributed by atoms with van der Waals surface area (Å²) in [5.41, 5.74) is 5.79. The van der Waals surface area contributed by atoms with Crippen molar-refractivity contribution < 1.29 is 14.7 Å². The lowest BCUT2D eigenvalue weighted by Crippen LogP contribution is -2.56. The standard InChI is InChI=1S/C11H19N3O3/c12-9-5-4-8-3-1-2-6-13(8)14(11(9)17)7-10(15)16/h8-9H,1-7,12H2,(H,15,16)/t8?,9-/m0/s1. The van der Waals surface area contributed by atoms with Gasteiger partial charge in [-0.15, -0.1) is 0 Å². The summed E-state index contributed by atoms with van der Waals surface area (Å²) in [6, 6.07) is -0.277. The van der Waals surface area contributed by atoms with Crippen molar-refractivity contribution in [3.8, 4) is 0 Å². The molecule has 6 heteroatoms. The van der Waals surface area contributed by atoms with Gasteiger partial charge in [-0.1, -0.05) is 6.42 Å². The van der Waals surface area contributed by atoms with Crippen LogP contribution in [0.2, 0.25) is 0 Å². The molecule has 6 nitrogen and oxygen atoms in total. The van der Waals surface area contributed by atoms with Crippen LogP contribution in [-0.4, -0.2) is 52.2 Å². The van der Waals surface area contributed by atoms with Crippen LogP contribution >= 0.6 is 0 Å². The summed E-state index contributed by atoms with van der Waals surface area (Å²) < 4.78 is 0. The van der Waals surface area contributed by atoms with Crippen molar-refractivity contribution in [1.82, 2.24) is 10.0 Å². The lowest BCUT2D eigenvalue weighted by molar-refractivity contribution is -0.164. The Morgan fingerprint density at radius 1 is 1.35 bits per heavy atom. The number of carbonyl (C=O) groups is 2. The third-order valence-electron chi connectivity index (χ3n) is 3.57. The topological polar surface area (TPSA) is 86.9 Å². The van der Waals surface area contributed by atoms with Crippen LogP contribution in [0.1, 0.15) is 32.1 Å². The van der Waals surface area contributed by atoms with Gasteiger partial charge >= 0.3 is 5.97 Å².